The van der Waals surface area contributed by atoms with Crippen molar-refractivity contribution in [2.24, 2.45) is 7.05 Å². The van der Waals surface area contributed by atoms with Gasteiger partial charge in [0.1, 0.15) is 0 Å². The number of amides is 1. The molecule has 6 heteroatoms. The Morgan fingerprint density at radius 2 is 2.22 bits per heavy atom. The lowest BCUT2D eigenvalue weighted by Gasteiger charge is -2.34. The fourth-order valence-corrected chi connectivity index (χ4v) is 4.17. The topological polar surface area (TPSA) is 41.4 Å². The van der Waals surface area contributed by atoms with Crippen LogP contribution in [0.3, 0.4) is 0 Å². The zero-order valence-corrected chi connectivity index (χ0v) is 14.0. The van der Waals surface area contributed by atoms with E-state index in [2.05, 4.69) is 38.9 Å². The van der Waals surface area contributed by atoms with Crippen LogP contribution in [0.2, 0.25) is 0 Å². The van der Waals surface area contributed by atoms with Crippen LogP contribution in [0.1, 0.15) is 22.9 Å². The molecule has 23 heavy (non-hydrogen) atoms. The number of carbonyl (C=O) groups excluding carboxylic acids is 1. The number of carbonyl (C=O) groups is 1. The van der Waals surface area contributed by atoms with Gasteiger partial charge in [-0.15, -0.1) is 0 Å². The quantitative estimate of drug-likeness (QED) is 0.809. The highest BCUT2D eigenvalue weighted by molar-refractivity contribution is 7.07. The average molecular weight is 328 g/mol. The molecule has 0 radical (unpaired) electrons. The summed E-state index contributed by atoms with van der Waals surface area (Å²) in [7, 11) is 1.99. The van der Waals surface area contributed by atoms with E-state index < -0.39 is 0 Å². The van der Waals surface area contributed by atoms with Gasteiger partial charge in [0.15, 0.2) is 0 Å². The largest absolute Gasteiger partial charge is 0.337 e. The van der Waals surface area contributed by atoms with Crippen LogP contribution in [0.4, 0.5) is 0 Å². The molecular weight excluding hydrogens is 308 g/mol. The number of hydrogen-bond acceptors (Lipinski definition) is 4. The lowest BCUT2D eigenvalue weighted by molar-refractivity contribution is -0.132. The lowest BCUT2D eigenvalue weighted by Crippen LogP contribution is -2.43. The third kappa shape index (κ3) is 2.72. The zero-order valence-electron chi connectivity index (χ0n) is 13.2. The summed E-state index contributed by atoms with van der Waals surface area (Å²) in [5.74, 6) is 0.0969. The minimum atomic E-state index is -0.121. The first-order chi connectivity index (χ1) is 11.2. The summed E-state index contributed by atoms with van der Waals surface area (Å²) in [4.78, 5) is 21.8. The van der Waals surface area contributed by atoms with E-state index in [1.165, 1.54) is 5.56 Å². The summed E-state index contributed by atoms with van der Waals surface area (Å²) >= 11 is 1.72. The predicted molar refractivity (Wildman–Crippen MR) is 90.1 cm³/mol. The molecular formula is C17H20N4OS. The SMILES string of the molecule is Cn1cnc2c1[C@H](C(=O)N1CC=CC1)CN(Cc1ccsc1)C2. The highest BCUT2D eigenvalue weighted by atomic mass is 32.1. The molecule has 1 atom stereocenters. The molecule has 5 nitrogen and oxygen atoms in total. The molecule has 2 aliphatic heterocycles. The van der Waals surface area contributed by atoms with Crippen molar-refractivity contribution in [2.75, 3.05) is 19.6 Å². The Morgan fingerprint density at radius 3 is 2.96 bits per heavy atom. The van der Waals surface area contributed by atoms with E-state index in [9.17, 15) is 4.79 Å². The van der Waals surface area contributed by atoms with Crippen LogP contribution in [0.15, 0.2) is 35.3 Å². The molecule has 4 heterocycles. The first kappa shape index (κ1) is 14.7. The number of aryl methyl sites for hydroxylation is 1. The number of rotatable bonds is 3. The Balaban J connectivity index is 1.60. The van der Waals surface area contributed by atoms with Crippen molar-refractivity contribution in [3.63, 3.8) is 0 Å². The molecule has 0 aromatic carbocycles. The number of hydrogen-bond donors (Lipinski definition) is 0. The predicted octanol–water partition coefficient (Wildman–Crippen LogP) is 1.98. The Bertz CT molecular complexity index is 726. The van der Waals surface area contributed by atoms with Crippen LogP contribution in [-0.4, -0.2) is 44.9 Å². The third-order valence-electron chi connectivity index (χ3n) is 4.62. The number of nitrogens with zero attached hydrogens (tertiary/aromatic N) is 4. The highest BCUT2D eigenvalue weighted by Gasteiger charge is 2.36. The third-order valence-corrected chi connectivity index (χ3v) is 5.35. The molecule has 2 aromatic rings. The molecule has 0 fully saturated rings. The van der Waals surface area contributed by atoms with Gasteiger partial charge in [-0.2, -0.15) is 11.3 Å². The van der Waals surface area contributed by atoms with Gasteiger partial charge in [-0.25, -0.2) is 4.98 Å². The smallest absolute Gasteiger partial charge is 0.233 e. The second kappa shape index (κ2) is 5.94. The van der Waals surface area contributed by atoms with Gasteiger partial charge < -0.3 is 9.47 Å². The van der Waals surface area contributed by atoms with Crippen LogP contribution >= 0.6 is 11.3 Å². The molecule has 0 saturated carbocycles. The van der Waals surface area contributed by atoms with E-state index in [0.717, 1.165) is 44.1 Å². The van der Waals surface area contributed by atoms with Crippen LogP contribution < -0.4 is 0 Å². The monoisotopic (exact) mass is 328 g/mol. The number of imidazole rings is 1. The van der Waals surface area contributed by atoms with E-state index in [4.69, 9.17) is 0 Å². The van der Waals surface area contributed by atoms with Gasteiger partial charge in [0, 0.05) is 39.8 Å². The minimum absolute atomic E-state index is 0.121. The fraction of sp³-hybridized carbons (Fsp3) is 0.412. The molecule has 0 bridgehead atoms. The highest BCUT2D eigenvalue weighted by Crippen LogP contribution is 2.30. The summed E-state index contributed by atoms with van der Waals surface area (Å²) in [6.07, 6.45) is 5.96. The van der Waals surface area contributed by atoms with E-state index in [-0.39, 0.29) is 11.8 Å². The van der Waals surface area contributed by atoms with Crippen LogP contribution in [0.25, 0.3) is 0 Å². The van der Waals surface area contributed by atoms with Gasteiger partial charge in [-0.05, 0) is 22.4 Å². The molecule has 0 N–H and O–H groups in total. The van der Waals surface area contributed by atoms with E-state index in [1.807, 2.05) is 22.8 Å². The van der Waals surface area contributed by atoms with E-state index in [1.54, 1.807) is 11.3 Å². The van der Waals surface area contributed by atoms with Gasteiger partial charge in [-0.3, -0.25) is 9.69 Å². The molecule has 2 aliphatic rings. The van der Waals surface area contributed by atoms with E-state index >= 15 is 0 Å². The van der Waals surface area contributed by atoms with Crippen LogP contribution in [-0.2, 0) is 24.9 Å². The van der Waals surface area contributed by atoms with Gasteiger partial charge >= 0.3 is 0 Å². The van der Waals surface area contributed by atoms with Gasteiger partial charge in [0.2, 0.25) is 5.91 Å². The molecule has 2 aromatic heterocycles. The molecule has 4 rings (SSSR count). The van der Waals surface area contributed by atoms with Crippen molar-refractivity contribution in [3.8, 4) is 0 Å². The van der Waals surface area contributed by atoms with Gasteiger partial charge in [0.25, 0.3) is 0 Å². The summed E-state index contributed by atoms with van der Waals surface area (Å²) in [6.45, 7) is 3.91. The Hall–Kier alpha value is -1.92. The summed E-state index contributed by atoms with van der Waals surface area (Å²) in [5, 5.41) is 4.28. The second-order valence-electron chi connectivity index (χ2n) is 6.26. The maximum absolute atomic E-state index is 13.0. The zero-order chi connectivity index (χ0) is 15.8. The standard InChI is InChI=1S/C17H20N4OS/c1-19-12-18-15-10-20(8-13-4-7-23-11-13)9-14(16(15)19)17(22)21-5-2-3-6-21/h2-4,7,11-12,14H,5-6,8-10H2,1H3/t14-/m1/s1. The van der Waals surface area contributed by atoms with Gasteiger partial charge in [-0.1, -0.05) is 12.2 Å². The number of aromatic nitrogens is 2. The summed E-state index contributed by atoms with van der Waals surface area (Å²) in [6, 6.07) is 2.15. The summed E-state index contributed by atoms with van der Waals surface area (Å²) < 4.78 is 2.02. The first-order valence-corrected chi connectivity index (χ1v) is 8.84. The minimum Gasteiger partial charge on any atom is -0.337 e. The lowest BCUT2D eigenvalue weighted by atomic mass is 9.96. The Morgan fingerprint density at radius 1 is 1.39 bits per heavy atom. The first-order valence-electron chi connectivity index (χ1n) is 7.89. The van der Waals surface area contributed by atoms with Crippen molar-refractivity contribution >= 4 is 17.2 Å². The maximum Gasteiger partial charge on any atom is 0.233 e. The normalized spacial score (nSPS) is 20.9. The van der Waals surface area contributed by atoms with Crippen molar-refractivity contribution < 1.29 is 4.79 Å². The number of thiophene rings is 1. The molecule has 0 saturated heterocycles. The fourth-order valence-electron chi connectivity index (χ4n) is 3.51. The van der Waals surface area contributed by atoms with Crippen molar-refractivity contribution in [1.82, 2.24) is 19.4 Å². The summed E-state index contributed by atoms with van der Waals surface area (Å²) in [5.41, 5.74) is 3.44. The second-order valence-corrected chi connectivity index (χ2v) is 7.04. The number of fused-ring (bicyclic) bond motifs is 1. The molecule has 0 spiro atoms. The molecule has 0 aliphatic carbocycles. The average Bonchev–Trinajstić information content (AvgIpc) is 3.28. The Labute approximate surface area is 139 Å². The van der Waals surface area contributed by atoms with Crippen molar-refractivity contribution in [1.29, 1.82) is 0 Å². The van der Waals surface area contributed by atoms with Crippen molar-refractivity contribution in [3.05, 3.63) is 52.3 Å². The van der Waals surface area contributed by atoms with E-state index in [0.29, 0.717) is 0 Å². The van der Waals surface area contributed by atoms with Crippen LogP contribution in [0.5, 0.6) is 0 Å². The van der Waals surface area contributed by atoms with Gasteiger partial charge in [0.05, 0.1) is 23.6 Å². The molecule has 1 amide bonds. The van der Waals surface area contributed by atoms with Crippen LogP contribution in [0, 0.1) is 0 Å². The Kier molecular flexibility index (Phi) is 3.79. The maximum atomic E-state index is 13.0. The molecule has 0 unspecified atom stereocenters. The van der Waals surface area contributed by atoms with Crippen molar-refractivity contribution in [2.45, 2.75) is 19.0 Å². The molecule has 120 valence electrons.